The molecule has 0 atom stereocenters. The van der Waals surface area contributed by atoms with E-state index in [2.05, 4.69) is 15.2 Å². The van der Waals surface area contributed by atoms with Crippen LogP contribution in [-0.2, 0) is 14.8 Å². The second kappa shape index (κ2) is 9.03. The summed E-state index contributed by atoms with van der Waals surface area (Å²) in [5.74, 6) is 0.239. The zero-order valence-electron chi connectivity index (χ0n) is 16.5. The molecular weight excluding hydrogens is 446 g/mol. The first kappa shape index (κ1) is 22.1. The van der Waals surface area contributed by atoms with E-state index in [1.165, 1.54) is 6.07 Å². The fourth-order valence-electron chi connectivity index (χ4n) is 2.52. The molecule has 0 aliphatic rings. The second-order valence-electron chi connectivity index (χ2n) is 6.42. The maximum atomic E-state index is 12.7. The van der Waals surface area contributed by atoms with Gasteiger partial charge in [-0.15, -0.1) is 11.3 Å². The van der Waals surface area contributed by atoms with Crippen LogP contribution >= 0.6 is 22.9 Å². The Kier molecular flexibility index (Phi) is 6.64. The summed E-state index contributed by atoms with van der Waals surface area (Å²) in [6, 6.07) is 8.26. The molecule has 0 aliphatic carbocycles. The van der Waals surface area contributed by atoms with Crippen molar-refractivity contribution in [2.75, 3.05) is 10.0 Å². The van der Waals surface area contributed by atoms with Crippen LogP contribution in [0.1, 0.15) is 35.2 Å². The summed E-state index contributed by atoms with van der Waals surface area (Å²) < 4.78 is 33.4. The lowest BCUT2D eigenvalue weighted by Crippen LogP contribution is -2.12. The van der Waals surface area contributed by atoms with E-state index in [4.69, 9.17) is 16.1 Å². The van der Waals surface area contributed by atoms with E-state index < -0.39 is 10.0 Å². The molecule has 0 saturated heterocycles. The van der Waals surface area contributed by atoms with Crippen LogP contribution in [-0.4, -0.2) is 19.5 Å². The Morgan fingerprint density at radius 3 is 2.73 bits per heavy atom. The molecule has 0 saturated carbocycles. The Balaban J connectivity index is 1.80. The largest absolute Gasteiger partial charge is 0.354 e. The third-order valence-electron chi connectivity index (χ3n) is 4.25. The molecule has 3 rings (SSSR count). The molecule has 3 aromatic rings. The fourth-order valence-corrected chi connectivity index (χ4v) is 5.05. The van der Waals surface area contributed by atoms with Gasteiger partial charge < -0.3 is 9.84 Å². The van der Waals surface area contributed by atoms with Gasteiger partial charge in [0.25, 0.3) is 10.0 Å². The Labute approximate surface area is 183 Å². The quantitative estimate of drug-likeness (QED) is 0.491. The van der Waals surface area contributed by atoms with E-state index in [1.807, 2.05) is 0 Å². The molecule has 0 radical (unpaired) electrons. The second-order valence-corrected chi connectivity index (χ2v) is 9.85. The number of nitrogens with one attached hydrogen (secondary N) is 2. The number of thiophene rings is 1. The number of rotatable bonds is 7. The summed E-state index contributed by atoms with van der Waals surface area (Å²) in [5, 5.41) is 7.10. The number of carbonyl (C=O) groups excluding carboxylic acids is 1. The summed E-state index contributed by atoms with van der Waals surface area (Å²) in [6.07, 6.45) is 3.68. The number of benzene rings is 1. The predicted molar refractivity (Wildman–Crippen MR) is 120 cm³/mol. The van der Waals surface area contributed by atoms with Crippen molar-refractivity contribution in [3.8, 4) is 0 Å². The van der Waals surface area contributed by atoms with E-state index in [1.54, 1.807) is 57.2 Å². The monoisotopic (exact) mass is 465 g/mol. The maximum Gasteiger partial charge on any atom is 0.271 e. The van der Waals surface area contributed by atoms with Crippen molar-refractivity contribution in [2.24, 2.45) is 0 Å². The van der Waals surface area contributed by atoms with Gasteiger partial charge in [-0.3, -0.25) is 9.52 Å². The highest BCUT2D eigenvalue weighted by molar-refractivity contribution is 7.94. The molecule has 158 valence electrons. The van der Waals surface area contributed by atoms with Gasteiger partial charge in [-0.2, -0.15) is 0 Å². The van der Waals surface area contributed by atoms with Crippen LogP contribution in [0.25, 0.3) is 12.2 Å². The molecule has 2 N–H and O–H groups in total. The lowest BCUT2D eigenvalue weighted by Gasteiger charge is -2.10. The zero-order chi connectivity index (χ0) is 21.9. The first-order valence-corrected chi connectivity index (χ1v) is 11.7. The van der Waals surface area contributed by atoms with Crippen LogP contribution in [0.15, 0.2) is 39.1 Å². The number of nitrogens with zero attached hydrogens (tertiary/aromatic N) is 1. The zero-order valence-corrected chi connectivity index (χ0v) is 18.9. The number of halogens is 1. The molecule has 0 spiro atoms. The maximum absolute atomic E-state index is 12.7. The number of sulfonamides is 1. The summed E-state index contributed by atoms with van der Waals surface area (Å²) in [5.41, 5.74) is 2.15. The van der Waals surface area contributed by atoms with Gasteiger partial charge in [0.15, 0.2) is 5.76 Å². The Hall–Kier alpha value is -2.62. The topological polar surface area (TPSA) is 101 Å². The van der Waals surface area contributed by atoms with Crippen LogP contribution in [0.4, 0.5) is 11.4 Å². The van der Waals surface area contributed by atoms with Gasteiger partial charge in [0, 0.05) is 16.3 Å². The SMILES string of the molecule is CCC(=O)Nc1c(C)noc1/C=C/c1ccc(S(=O)(=O)Nc2cccc(Cl)c2C)s1. The Bertz CT molecular complexity index is 1210. The third kappa shape index (κ3) is 4.92. The molecule has 7 nitrogen and oxygen atoms in total. The number of amides is 1. The molecule has 1 amide bonds. The molecule has 30 heavy (non-hydrogen) atoms. The van der Waals surface area contributed by atoms with Crippen molar-refractivity contribution in [3.63, 3.8) is 0 Å². The van der Waals surface area contributed by atoms with Crippen molar-refractivity contribution in [1.82, 2.24) is 5.16 Å². The summed E-state index contributed by atoms with van der Waals surface area (Å²) in [7, 11) is -3.75. The van der Waals surface area contributed by atoms with Crippen LogP contribution in [0, 0.1) is 13.8 Å². The van der Waals surface area contributed by atoms with E-state index in [9.17, 15) is 13.2 Å². The van der Waals surface area contributed by atoms with E-state index >= 15 is 0 Å². The fraction of sp³-hybridized carbons (Fsp3) is 0.200. The molecule has 0 bridgehead atoms. The highest BCUT2D eigenvalue weighted by Crippen LogP contribution is 2.29. The summed E-state index contributed by atoms with van der Waals surface area (Å²) in [4.78, 5) is 12.4. The van der Waals surface area contributed by atoms with Crippen molar-refractivity contribution in [1.29, 1.82) is 0 Å². The molecular formula is C20H20ClN3O4S2. The minimum Gasteiger partial charge on any atom is -0.354 e. The third-order valence-corrected chi connectivity index (χ3v) is 7.57. The average molecular weight is 466 g/mol. The Morgan fingerprint density at radius 1 is 1.23 bits per heavy atom. The van der Waals surface area contributed by atoms with E-state index in [0.29, 0.717) is 44.7 Å². The molecule has 2 heterocycles. The van der Waals surface area contributed by atoms with E-state index in [-0.39, 0.29) is 10.1 Å². The molecule has 0 aliphatic heterocycles. The van der Waals surface area contributed by atoms with Gasteiger partial charge in [0.2, 0.25) is 5.91 Å². The van der Waals surface area contributed by atoms with Crippen LogP contribution in [0.2, 0.25) is 5.02 Å². The molecule has 0 unspecified atom stereocenters. The summed E-state index contributed by atoms with van der Waals surface area (Å²) in [6.45, 7) is 5.22. The molecule has 2 aromatic heterocycles. The van der Waals surface area contributed by atoms with Crippen molar-refractivity contribution >= 4 is 62.4 Å². The van der Waals surface area contributed by atoms with Gasteiger partial charge in [-0.1, -0.05) is 29.7 Å². The van der Waals surface area contributed by atoms with Gasteiger partial charge in [0.1, 0.15) is 15.6 Å². The highest BCUT2D eigenvalue weighted by Gasteiger charge is 2.18. The van der Waals surface area contributed by atoms with Crippen LogP contribution in [0.3, 0.4) is 0 Å². The van der Waals surface area contributed by atoms with Crippen molar-refractivity contribution in [3.05, 3.63) is 57.2 Å². The smallest absolute Gasteiger partial charge is 0.271 e. The number of anilines is 2. The van der Waals surface area contributed by atoms with Gasteiger partial charge >= 0.3 is 0 Å². The average Bonchev–Trinajstić information content (AvgIpc) is 3.32. The van der Waals surface area contributed by atoms with Crippen LogP contribution < -0.4 is 10.0 Å². The molecule has 1 aromatic carbocycles. The Morgan fingerprint density at radius 2 is 2.00 bits per heavy atom. The highest BCUT2D eigenvalue weighted by atomic mass is 35.5. The predicted octanol–water partition coefficient (Wildman–Crippen LogP) is 5.33. The normalized spacial score (nSPS) is 11.7. The van der Waals surface area contributed by atoms with Crippen molar-refractivity contribution in [2.45, 2.75) is 31.4 Å². The van der Waals surface area contributed by atoms with Gasteiger partial charge in [-0.25, -0.2) is 8.42 Å². The number of aromatic nitrogens is 1. The lowest BCUT2D eigenvalue weighted by atomic mass is 10.2. The molecule has 10 heteroatoms. The number of hydrogen-bond donors (Lipinski definition) is 2. The first-order valence-electron chi connectivity index (χ1n) is 9.03. The van der Waals surface area contributed by atoms with E-state index in [0.717, 1.165) is 11.3 Å². The minimum absolute atomic E-state index is 0.150. The number of hydrogen-bond acceptors (Lipinski definition) is 6. The van der Waals surface area contributed by atoms with Gasteiger partial charge in [-0.05, 0) is 55.8 Å². The lowest BCUT2D eigenvalue weighted by molar-refractivity contribution is -0.115. The molecule has 0 fully saturated rings. The summed E-state index contributed by atoms with van der Waals surface area (Å²) >= 11 is 7.17. The minimum atomic E-state index is -3.75. The van der Waals surface area contributed by atoms with Crippen molar-refractivity contribution < 1.29 is 17.7 Å². The van der Waals surface area contributed by atoms with Crippen LogP contribution in [0.5, 0.6) is 0 Å². The first-order chi connectivity index (χ1) is 14.2. The number of aryl methyl sites for hydroxylation is 1. The van der Waals surface area contributed by atoms with Gasteiger partial charge in [0.05, 0.1) is 5.69 Å². The number of carbonyl (C=O) groups is 1. The standard InChI is InChI=1S/C20H20ClN3O4S2/c1-4-18(25)22-20-13(3)23-28-17(20)10-8-14-9-11-19(29-14)30(26,27)24-16-7-5-6-15(21)12(16)2/h5-11,24H,4H2,1-3H3,(H,22,25)/b10-8+.